The van der Waals surface area contributed by atoms with Crippen LogP contribution in [0.2, 0.25) is 0 Å². The third-order valence-corrected chi connectivity index (χ3v) is 5.90. The van der Waals surface area contributed by atoms with E-state index in [1.54, 1.807) is 19.1 Å². The Hall–Kier alpha value is -1.89. The molecule has 0 radical (unpaired) electrons. The SMILES string of the molecule is Cc1ccc(C#N)cc1S(=O)(=O)N(CC#N)C1CCCC1. The molecule has 5 nitrogen and oxygen atoms in total. The van der Waals surface area contributed by atoms with Gasteiger partial charge >= 0.3 is 0 Å². The van der Waals surface area contributed by atoms with E-state index in [1.807, 2.05) is 12.1 Å². The van der Waals surface area contributed by atoms with Gasteiger partial charge in [-0.05, 0) is 37.5 Å². The summed E-state index contributed by atoms with van der Waals surface area (Å²) in [6.45, 7) is 1.55. The van der Waals surface area contributed by atoms with E-state index in [4.69, 9.17) is 10.5 Å². The van der Waals surface area contributed by atoms with Crippen molar-refractivity contribution in [1.29, 1.82) is 10.5 Å². The molecular weight excluding hydrogens is 286 g/mol. The van der Waals surface area contributed by atoms with Crippen LogP contribution in [0.15, 0.2) is 23.1 Å². The van der Waals surface area contributed by atoms with Crippen LogP contribution in [0.3, 0.4) is 0 Å². The Balaban J connectivity index is 2.48. The smallest absolute Gasteiger partial charge is 0.207 e. The summed E-state index contributed by atoms with van der Waals surface area (Å²) in [5.41, 5.74) is 0.900. The second-order valence-corrected chi connectivity index (χ2v) is 7.10. The van der Waals surface area contributed by atoms with Crippen LogP contribution >= 0.6 is 0 Å². The quantitative estimate of drug-likeness (QED) is 0.799. The number of aryl methyl sites for hydroxylation is 1. The van der Waals surface area contributed by atoms with Crippen LogP contribution in [0.4, 0.5) is 0 Å². The van der Waals surface area contributed by atoms with Crippen molar-refractivity contribution in [3.63, 3.8) is 0 Å². The molecule has 0 heterocycles. The Bertz CT molecular complexity index is 707. The highest BCUT2D eigenvalue weighted by atomic mass is 32.2. The van der Waals surface area contributed by atoms with E-state index in [0.717, 1.165) is 25.7 Å². The van der Waals surface area contributed by atoms with Crippen molar-refractivity contribution in [2.75, 3.05) is 6.54 Å². The first-order valence-electron chi connectivity index (χ1n) is 6.90. The van der Waals surface area contributed by atoms with Gasteiger partial charge in [0.05, 0.1) is 22.6 Å². The molecule has 2 rings (SSSR count). The molecule has 1 aliphatic carbocycles. The lowest BCUT2D eigenvalue weighted by molar-refractivity contribution is 0.350. The highest BCUT2D eigenvalue weighted by Gasteiger charge is 2.34. The number of hydrogen-bond donors (Lipinski definition) is 0. The van der Waals surface area contributed by atoms with E-state index < -0.39 is 10.0 Å². The van der Waals surface area contributed by atoms with Gasteiger partial charge in [-0.25, -0.2) is 8.42 Å². The second-order valence-electron chi connectivity index (χ2n) is 5.24. The lowest BCUT2D eigenvalue weighted by Gasteiger charge is -2.26. The van der Waals surface area contributed by atoms with Crippen LogP contribution in [-0.2, 0) is 10.0 Å². The fourth-order valence-electron chi connectivity index (χ4n) is 2.75. The molecule has 1 saturated carbocycles. The minimum atomic E-state index is -3.75. The lowest BCUT2D eigenvalue weighted by Crippen LogP contribution is -2.39. The Morgan fingerprint density at radius 2 is 1.95 bits per heavy atom. The lowest BCUT2D eigenvalue weighted by atomic mass is 10.2. The van der Waals surface area contributed by atoms with Crippen molar-refractivity contribution in [3.8, 4) is 12.1 Å². The zero-order valence-electron chi connectivity index (χ0n) is 11.9. The van der Waals surface area contributed by atoms with Gasteiger partial charge in [0.1, 0.15) is 6.54 Å². The molecule has 1 fully saturated rings. The van der Waals surface area contributed by atoms with Gasteiger partial charge in [0.2, 0.25) is 10.0 Å². The number of rotatable bonds is 4. The van der Waals surface area contributed by atoms with Gasteiger partial charge in [0, 0.05) is 6.04 Å². The normalized spacial score (nSPS) is 15.8. The summed E-state index contributed by atoms with van der Waals surface area (Å²) >= 11 is 0. The van der Waals surface area contributed by atoms with Crippen molar-refractivity contribution >= 4 is 10.0 Å². The zero-order chi connectivity index (χ0) is 15.5. The molecule has 110 valence electrons. The van der Waals surface area contributed by atoms with Gasteiger partial charge in [0.25, 0.3) is 0 Å². The molecule has 6 heteroatoms. The molecule has 0 aromatic heterocycles. The van der Waals surface area contributed by atoms with Gasteiger partial charge in [0.15, 0.2) is 0 Å². The summed E-state index contributed by atoms with van der Waals surface area (Å²) in [5, 5.41) is 17.9. The molecule has 0 unspecified atom stereocenters. The second kappa shape index (κ2) is 6.26. The molecule has 0 spiro atoms. The number of benzene rings is 1. The molecule has 1 aliphatic rings. The van der Waals surface area contributed by atoms with Crippen molar-refractivity contribution < 1.29 is 8.42 Å². The van der Waals surface area contributed by atoms with E-state index in [0.29, 0.717) is 11.1 Å². The third kappa shape index (κ3) is 3.07. The largest absolute Gasteiger partial charge is 0.244 e. The molecule has 0 aliphatic heterocycles. The van der Waals surface area contributed by atoms with E-state index in [1.165, 1.54) is 10.4 Å². The minimum Gasteiger partial charge on any atom is -0.207 e. The maximum atomic E-state index is 12.9. The molecule has 0 N–H and O–H groups in total. The van der Waals surface area contributed by atoms with Crippen LogP contribution in [0.5, 0.6) is 0 Å². The topological polar surface area (TPSA) is 85.0 Å². The van der Waals surface area contributed by atoms with Crippen LogP contribution in [-0.4, -0.2) is 25.3 Å². The Kier molecular flexibility index (Phi) is 4.62. The predicted molar refractivity (Wildman–Crippen MR) is 77.7 cm³/mol. The summed E-state index contributed by atoms with van der Waals surface area (Å²) in [5.74, 6) is 0. The first-order valence-corrected chi connectivity index (χ1v) is 8.34. The summed E-state index contributed by atoms with van der Waals surface area (Å²) in [6.07, 6.45) is 3.55. The van der Waals surface area contributed by atoms with E-state index >= 15 is 0 Å². The van der Waals surface area contributed by atoms with Gasteiger partial charge in [-0.15, -0.1) is 0 Å². The number of sulfonamides is 1. The van der Waals surface area contributed by atoms with Gasteiger partial charge in [-0.1, -0.05) is 18.9 Å². The molecule has 0 saturated heterocycles. The van der Waals surface area contributed by atoms with E-state index in [9.17, 15) is 8.42 Å². The summed E-state index contributed by atoms with van der Waals surface area (Å²) in [7, 11) is -3.75. The van der Waals surface area contributed by atoms with Crippen LogP contribution in [0, 0.1) is 29.6 Å². The maximum Gasteiger partial charge on any atom is 0.244 e. The molecular formula is C15H17N3O2S. The monoisotopic (exact) mass is 303 g/mol. The van der Waals surface area contributed by atoms with Crippen LogP contribution in [0.1, 0.15) is 36.8 Å². The molecule has 1 aromatic carbocycles. The number of nitriles is 2. The Morgan fingerprint density at radius 1 is 1.29 bits per heavy atom. The maximum absolute atomic E-state index is 12.9. The first kappa shape index (κ1) is 15.5. The van der Waals surface area contributed by atoms with Crippen molar-refractivity contribution in [2.45, 2.75) is 43.5 Å². The fraction of sp³-hybridized carbons (Fsp3) is 0.467. The van der Waals surface area contributed by atoms with Gasteiger partial charge < -0.3 is 0 Å². The zero-order valence-corrected chi connectivity index (χ0v) is 12.7. The van der Waals surface area contributed by atoms with Crippen LogP contribution in [0.25, 0.3) is 0 Å². The molecule has 1 aromatic rings. The van der Waals surface area contributed by atoms with Crippen LogP contribution < -0.4 is 0 Å². The third-order valence-electron chi connectivity index (χ3n) is 3.86. The van der Waals surface area contributed by atoms with E-state index in [2.05, 4.69) is 0 Å². The average Bonchev–Trinajstić information content (AvgIpc) is 2.98. The highest BCUT2D eigenvalue weighted by molar-refractivity contribution is 7.89. The Morgan fingerprint density at radius 3 is 2.52 bits per heavy atom. The average molecular weight is 303 g/mol. The molecule has 0 bridgehead atoms. The molecule has 21 heavy (non-hydrogen) atoms. The van der Waals surface area contributed by atoms with Crippen molar-refractivity contribution in [3.05, 3.63) is 29.3 Å². The Labute approximate surface area is 125 Å². The highest BCUT2D eigenvalue weighted by Crippen LogP contribution is 2.29. The molecule has 0 atom stereocenters. The summed E-state index contributed by atoms with van der Waals surface area (Å²) in [4.78, 5) is 0.128. The van der Waals surface area contributed by atoms with Crippen molar-refractivity contribution in [1.82, 2.24) is 4.31 Å². The summed E-state index contributed by atoms with van der Waals surface area (Å²) < 4.78 is 27.0. The minimum absolute atomic E-state index is 0.111. The first-order chi connectivity index (χ1) is 10.0. The van der Waals surface area contributed by atoms with Crippen molar-refractivity contribution in [2.24, 2.45) is 0 Å². The standard InChI is InChI=1S/C15H17N3O2S/c1-12-6-7-13(11-17)10-15(12)21(19,20)18(9-8-16)14-4-2-3-5-14/h6-7,10,14H,2-5,9H2,1H3. The number of nitrogens with zero attached hydrogens (tertiary/aromatic N) is 3. The molecule has 0 amide bonds. The van der Waals surface area contributed by atoms with E-state index in [-0.39, 0.29) is 17.5 Å². The van der Waals surface area contributed by atoms with Gasteiger partial charge in [-0.2, -0.15) is 14.8 Å². The number of hydrogen-bond acceptors (Lipinski definition) is 4. The predicted octanol–water partition coefficient (Wildman–Crippen LogP) is 2.32. The summed E-state index contributed by atoms with van der Waals surface area (Å²) in [6, 6.07) is 8.42. The van der Waals surface area contributed by atoms with Gasteiger partial charge in [-0.3, -0.25) is 0 Å². The fourth-order valence-corrected chi connectivity index (χ4v) is 4.58.